The zero-order chi connectivity index (χ0) is 27.4. The van der Waals surface area contributed by atoms with Crippen LogP contribution in [0.25, 0.3) is 22.2 Å². The number of hydrogen-bond donors (Lipinski definition) is 2. The molecular formula is C28H28Cl2N6O3. The number of anilines is 2. The summed E-state index contributed by atoms with van der Waals surface area (Å²) in [5, 5.41) is 7.74. The third-order valence-corrected chi connectivity index (χ3v) is 7.40. The van der Waals surface area contributed by atoms with Crippen LogP contribution in [-0.2, 0) is 4.79 Å². The van der Waals surface area contributed by atoms with Crippen LogP contribution in [0.1, 0.15) is 24.4 Å². The van der Waals surface area contributed by atoms with Gasteiger partial charge in [-0.25, -0.2) is 4.98 Å². The number of nitrogens with zero attached hydrogens (tertiary/aromatic N) is 4. The van der Waals surface area contributed by atoms with Gasteiger partial charge in [0.1, 0.15) is 13.4 Å². The van der Waals surface area contributed by atoms with E-state index in [4.69, 9.17) is 28.0 Å². The molecule has 9 nitrogen and oxygen atoms in total. The average molecular weight is 567 g/mol. The van der Waals surface area contributed by atoms with Crippen molar-refractivity contribution in [1.82, 2.24) is 24.9 Å². The summed E-state index contributed by atoms with van der Waals surface area (Å²) >= 11 is 12.7. The number of aldehydes is 1. The van der Waals surface area contributed by atoms with Crippen LogP contribution in [0.2, 0.25) is 10.0 Å². The average Bonchev–Trinajstić information content (AvgIpc) is 3.46. The number of fused-ring (bicyclic) bond motifs is 1. The number of likely N-dealkylation sites (tertiary alicyclic amines) is 1. The van der Waals surface area contributed by atoms with Crippen LogP contribution in [0.15, 0.2) is 59.5 Å². The Hall–Kier alpha value is -3.50. The zero-order valence-corrected chi connectivity index (χ0v) is 22.9. The Morgan fingerprint density at radius 2 is 1.82 bits per heavy atom. The summed E-state index contributed by atoms with van der Waals surface area (Å²) in [4.78, 5) is 41.7. The van der Waals surface area contributed by atoms with Crippen molar-refractivity contribution in [2.24, 2.45) is 0 Å². The van der Waals surface area contributed by atoms with Crippen LogP contribution in [0, 0.1) is 0 Å². The number of nitrogens with one attached hydrogen (secondary N) is 2. The van der Waals surface area contributed by atoms with Gasteiger partial charge in [-0.1, -0.05) is 41.4 Å². The Bertz CT molecular complexity index is 1520. The largest absolute Gasteiger partial charge is 0.412 e. The van der Waals surface area contributed by atoms with E-state index in [9.17, 15) is 9.59 Å². The molecule has 202 valence electrons. The van der Waals surface area contributed by atoms with Gasteiger partial charge in [0.05, 0.1) is 21.7 Å². The normalized spacial score (nSPS) is 14.4. The van der Waals surface area contributed by atoms with E-state index in [0.717, 1.165) is 48.4 Å². The molecule has 1 unspecified atom stereocenters. The minimum atomic E-state index is -0.453. The number of carbonyl (C=O) groups excluding carboxylic acids is 1. The summed E-state index contributed by atoms with van der Waals surface area (Å²) in [5.74, 6) is 0.277. The van der Waals surface area contributed by atoms with Gasteiger partial charge >= 0.3 is 0 Å². The first kappa shape index (κ1) is 27.1. The van der Waals surface area contributed by atoms with Crippen LogP contribution in [0.4, 0.5) is 11.6 Å². The van der Waals surface area contributed by atoms with Crippen molar-refractivity contribution in [2.45, 2.75) is 18.9 Å². The van der Waals surface area contributed by atoms with Crippen molar-refractivity contribution in [3.8, 4) is 11.1 Å². The SMILES string of the molecule is COn1c(=O)c(-c2c(Cl)cccc2Cl)cc2cnc(Nc3ccc(C(C=O)NCCN4CCCC4)cc3)nc21. The van der Waals surface area contributed by atoms with Gasteiger partial charge in [-0.2, -0.15) is 4.98 Å². The fourth-order valence-electron chi connectivity index (χ4n) is 4.77. The number of aromatic nitrogens is 3. The van der Waals surface area contributed by atoms with Crippen molar-refractivity contribution in [2.75, 3.05) is 38.6 Å². The van der Waals surface area contributed by atoms with Crippen molar-refractivity contribution < 1.29 is 9.63 Å². The summed E-state index contributed by atoms with van der Waals surface area (Å²) in [6, 6.07) is 13.8. The molecule has 2 N–H and O–H groups in total. The van der Waals surface area contributed by atoms with Crippen LogP contribution in [0.5, 0.6) is 0 Å². The van der Waals surface area contributed by atoms with Gasteiger partial charge in [0.25, 0.3) is 5.56 Å². The lowest BCUT2D eigenvalue weighted by molar-refractivity contribution is -0.109. The van der Waals surface area contributed by atoms with E-state index in [2.05, 4.69) is 25.5 Å². The fraction of sp³-hybridized carbons (Fsp3) is 0.286. The number of hydrogen-bond acceptors (Lipinski definition) is 8. The van der Waals surface area contributed by atoms with Crippen molar-refractivity contribution in [3.05, 3.63) is 80.7 Å². The zero-order valence-electron chi connectivity index (χ0n) is 21.4. The maximum atomic E-state index is 13.3. The first-order chi connectivity index (χ1) is 19.0. The first-order valence-corrected chi connectivity index (χ1v) is 13.4. The van der Waals surface area contributed by atoms with E-state index < -0.39 is 5.56 Å². The third kappa shape index (κ3) is 5.91. The van der Waals surface area contributed by atoms with Gasteiger partial charge in [-0.3, -0.25) is 4.79 Å². The van der Waals surface area contributed by atoms with Gasteiger partial charge in [-0.15, -0.1) is 4.73 Å². The molecule has 5 rings (SSSR count). The molecule has 0 aliphatic carbocycles. The molecule has 39 heavy (non-hydrogen) atoms. The standard InChI is InChI=1S/C28H28Cl2N6O3/c1-39-36-26-19(15-21(27(36)38)25-22(29)5-4-6-23(25)30)16-32-28(34-26)33-20-9-7-18(8-10-20)24(17-37)31-11-14-35-12-2-3-13-35/h4-10,15-17,24,31H,2-3,11-14H2,1H3,(H,32,33,34). The Balaban J connectivity index is 1.35. The lowest BCUT2D eigenvalue weighted by atomic mass is 10.1. The maximum Gasteiger partial charge on any atom is 0.293 e. The number of pyridine rings is 1. The topological polar surface area (TPSA) is 101 Å². The molecule has 1 atom stereocenters. The highest BCUT2D eigenvalue weighted by atomic mass is 35.5. The van der Waals surface area contributed by atoms with Gasteiger partial charge < -0.3 is 25.2 Å². The predicted molar refractivity (Wildman–Crippen MR) is 154 cm³/mol. The van der Waals surface area contributed by atoms with Crippen molar-refractivity contribution >= 4 is 52.2 Å². The monoisotopic (exact) mass is 566 g/mol. The highest BCUT2D eigenvalue weighted by molar-refractivity contribution is 6.39. The predicted octanol–water partition coefficient (Wildman–Crippen LogP) is 4.49. The smallest absolute Gasteiger partial charge is 0.293 e. The van der Waals surface area contributed by atoms with Gasteiger partial charge in [0, 0.05) is 35.9 Å². The number of halogens is 2. The molecule has 0 saturated carbocycles. The molecular weight excluding hydrogens is 539 g/mol. The molecule has 2 aromatic carbocycles. The van der Waals surface area contributed by atoms with E-state index in [1.54, 1.807) is 30.5 Å². The van der Waals surface area contributed by atoms with Crippen molar-refractivity contribution in [3.63, 3.8) is 0 Å². The second-order valence-electron chi connectivity index (χ2n) is 9.27. The van der Waals surface area contributed by atoms with Gasteiger partial charge in [0.2, 0.25) is 5.95 Å². The van der Waals surface area contributed by atoms with Crippen LogP contribution in [0.3, 0.4) is 0 Å². The quantitative estimate of drug-likeness (QED) is 0.271. The van der Waals surface area contributed by atoms with Crippen LogP contribution >= 0.6 is 23.2 Å². The lowest BCUT2D eigenvalue weighted by Gasteiger charge is -2.18. The molecule has 1 saturated heterocycles. The van der Waals surface area contributed by atoms with E-state index in [-0.39, 0.29) is 23.2 Å². The minimum absolute atomic E-state index is 0.276. The Morgan fingerprint density at radius 1 is 1.10 bits per heavy atom. The highest BCUT2D eigenvalue weighted by Crippen LogP contribution is 2.33. The summed E-state index contributed by atoms with van der Waals surface area (Å²) < 4.78 is 1.09. The molecule has 0 bridgehead atoms. The maximum absolute atomic E-state index is 13.3. The van der Waals surface area contributed by atoms with Gasteiger partial charge in [0.15, 0.2) is 5.65 Å². The van der Waals surface area contributed by atoms with Crippen molar-refractivity contribution in [1.29, 1.82) is 0 Å². The minimum Gasteiger partial charge on any atom is -0.412 e. The third-order valence-electron chi connectivity index (χ3n) is 6.77. The summed E-state index contributed by atoms with van der Waals surface area (Å²) in [6.45, 7) is 3.94. The Kier molecular flexibility index (Phi) is 8.42. The highest BCUT2D eigenvalue weighted by Gasteiger charge is 2.18. The molecule has 4 aromatic rings. The Morgan fingerprint density at radius 3 is 2.49 bits per heavy atom. The van der Waals surface area contributed by atoms with Gasteiger partial charge in [-0.05, 0) is 61.8 Å². The number of rotatable bonds is 10. The molecule has 3 heterocycles. The molecule has 0 radical (unpaired) electrons. The molecule has 0 amide bonds. The molecule has 11 heteroatoms. The van der Waals surface area contributed by atoms with Crippen LogP contribution in [-0.4, -0.2) is 59.2 Å². The number of benzene rings is 2. The first-order valence-electron chi connectivity index (χ1n) is 12.7. The number of carbonyl (C=O) groups is 1. The van der Waals surface area contributed by atoms with E-state index >= 15 is 0 Å². The molecule has 0 spiro atoms. The molecule has 1 aliphatic heterocycles. The Labute approximate surface area is 235 Å². The van der Waals surface area contributed by atoms with E-state index in [1.807, 2.05) is 24.3 Å². The summed E-state index contributed by atoms with van der Waals surface area (Å²) in [7, 11) is 1.38. The lowest BCUT2D eigenvalue weighted by Crippen LogP contribution is -2.32. The molecule has 2 aromatic heterocycles. The van der Waals surface area contributed by atoms with Crippen LogP contribution < -0.4 is 21.0 Å². The summed E-state index contributed by atoms with van der Waals surface area (Å²) in [5.41, 5.74) is 2.12. The van der Waals surface area contributed by atoms with E-state index in [1.165, 1.54) is 20.0 Å². The summed E-state index contributed by atoms with van der Waals surface area (Å²) in [6.07, 6.45) is 5.00. The molecule has 1 fully saturated rings. The molecule has 1 aliphatic rings. The van der Waals surface area contributed by atoms with E-state index in [0.29, 0.717) is 21.0 Å². The fourth-order valence-corrected chi connectivity index (χ4v) is 5.37. The second kappa shape index (κ2) is 12.1. The second-order valence-corrected chi connectivity index (χ2v) is 10.1.